The third-order valence-corrected chi connectivity index (χ3v) is 4.77. The fourth-order valence-electron chi connectivity index (χ4n) is 2.18. The Hall–Kier alpha value is -1.54. The van der Waals surface area contributed by atoms with E-state index in [0.29, 0.717) is 37.2 Å². The number of rotatable bonds is 11. The normalized spacial score (nSPS) is 12.4. The highest BCUT2D eigenvalue weighted by Gasteiger charge is 2.13. The van der Waals surface area contributed by atoms with E-state index in [2.05, 4.69) is 4.98 Å². The second kappa shape index (κ2) is 10.4. The SMILES string of the molecule is COCCOCOCCCS(=O)c1nccn1-c1ccccc1C. The van der Waals surface area contributed by atoms with Gasteiger partial charge in [0.05, 0.1) is 36.3 Å². The average Bonchev–Trinajstić information content (AvgIpc) is 3.07. The maximum atomic E-state index is 12.5. The van der Waals surface area contributed by atoms with Gasteiger partial charge in [-0.15, -0.1) is 0 Å². The van der Waals surface area contributed by atoms with Gasteiger partial charge in [0, 0.05) is 25.3 Å². The molecule has 0 aliphatic carbocycles. The van der Waals surface area contributed by atoms with Crippen molar-refractivity contribution in [1.29, 1.82) is 0 Å². The number of aryl methyl sites for hydroxylation is 1. The summed E-state index contributed by atoms with van der Waals surface area (Å²) >= 11 is 0. The highest BCUT2D eigenvalue weighted by atomic mass is 32.2. The summed E-state index contributed by atoms with van der Waals surface area (Å²) in [6.07, 6.45) is 4.20. The minimum atomic E-state index is -1.17. The van der Waals surface area contributed by atoms with E-state index in [4.69, 9.17) is 14.2 Å². The van der Waals surface area contributed by atoms with Crippen molar-refractivity contribution in [1.82, 2.24) is 9.55 Å². The Kier molecular flexibility index (Phi) is 8.11. The highest BCUT2D eigenvalue weighted by Crippen LogP contribution is 2.17. The fourth-order valence-corrected chi connectivity index (χ4v) is 3.30. The Labute approximate surface area is 145 Å². The molecule has 7 heteroatoms. The van der Waals surface area contributed by atoms with Crippen LogP contribution in [0.1, 0.15) is 12.0 Å². The van der Waals surface area contributed by atoms with Gasteiger partial charge >= 0.3 is 0 Å². The molecular weight excluding hydrogens is 328 g/mol. The first kappa shape index (κ1) is 18.8. The van der Waals surface area contributed by atoms with Crippen LogP contribution >= 0.6 is 0 Å². The molecule has 0 N–H and O–H groups in total. The lowest BCUT2D eigenvalue weighted by Gasteiger charge is -2.10. The van der Waals surface area contributed by atoms with E-state index in [1.54, 1.807) is 13.3 Å². The number of nitrogens with zero attached hydrogens (tertiary/aromatic N) is 2. The molecule has 0 saturated heterocycles. The molecule has 0 fully saturated rings. The van der Waals surface area contributed by atoms with Crippen LogP contribution in [0.15, 0.2) is 41.8 Å². The number of ether oxygens (including phenoxy) is 3. The molecule has 0 saturated carbocycles. The minimum Gasteiger partial charge on any atom is -0.382 e. The maximum absolute atomic E-state index is 12.5. The van der Waals surface area contributed by atoms with Gasteiger partial charge in [0.2, 0.25) is 5.16 Å². The van der Waals surface area contributed by atoms with Crippen molar-refractivity contribution >= 4 is 10.8 Å². The van der Waals surface area contributed by atoms with Gasteiger partial charge in [0.1, 0.15) is 6.79 Å². The van der Waals surface area contributed by atoms with E-state index in [-0.39, 0.29) is 6.79 Å². The monoisotopic (exact) mass is 352 g/mol. The third-order valence-electron chi connectivity index (χ3n) is 3.40. The Balaban J connectivity index is 1.80. The van der Waals surface area contributed by atoms with Gasteiger partial charge in [-0.3, -0.25) is 8.78 Å². The molecule has 1 aromatic heterocycles. The molecule has 2 rings (SSSR count). The fraction of sp³-hybridized carbons (Fsp3) is 0.471. The number of aromatic nitrogens is 2. The zero-order chi connectivity index (χ0) is 17.2. The van der Waals surface area contributed by atoms with Crippen LogP contribution in [0.25, 0.3) is 5.69 Å². The quantitative estimate of drug-likeness (QED) is 0.459. The number of hydrogen-bond acceptors (Lipinski definition) is 5. The van der Waals surface area contributed by atoms with Crippen LogP contribution in [0, 0.1) is 6.92 Å². The predicted molar refractivity (Wildman–Crippen MR) is 92.8 cm³/mol. The Morgan fingerprint density at radius 2 is 1.96 bits per heavy atom. The van der Waals surface area contributed by atoms with Crippen molar-refractivity contribution in [3.05, 3.63) is 42.2 Å². The lowest BCUT2D eigenvalue weighted by Crippen LogP contribution is -2.11. The van der Waals surface area contributed by atoms with Crippen molar-refractivity contribution in [2.24, 2.45) is 0 Å². The van der Waals surface area contributed by atoms with Crippen LogP contribution in [-0.2, 0) is 25.0 Å². The standard InChI is InChI=1S/C17H24N2O4S/c1-15-6-3-4-7-16(15)19-9-8-18-17(19)24(20)13-5-10-22-14-23-12-11-21-2/h3-4,6-9H,5,10-14H2,1-2H3. The molecule has 1 atom stereocenters. The van der Waals surface area contributed by atoms with Crippen LogP contribution in [-0.4, -0.2) is 53.2 Å². The van der Waals surface area contributed by atoms with Crippen LogP contribution in [0.4, 0.5) is 0 Å². The first-order valence-corrected chi connectivity index (χ1v) is 9.18. The van der Waals surface area contributed by atoms with E-state index in [9.17, 15) is 4.21 Å². The lowest BCUT2D eigenvalue weighted by atomic mass is 10.2. The predicted octanol–water partition coefficient (Wildman–Crippen LogP) is 2.32. The molecule has 1 heterocycles. The largest absolute Gasteiger partial charge is 0.382 e. The summed E-state index contributed by atoms with van der Waals surface area (Å²) in [5, 5.41) is 0.570. The molecule has 24 heavy (non-hydrogen) atoms. The first-order valence-electron chi connectivity index (χ1n) is 7.86. The van der Waals surface area contributed by atoms with E-state index in [0.717, 1.165) is 11.3 Å². The van der Waals surface area contributed by atoms with E-state index in [1.807, 2.05) is 42.0 Å². The molecule has 0 aliphatic rings. The highest BCUT2D eigenvalue weighted by molar-refractivity contribution is 7.84. The summed E-state index contributed by atoms with van der Waals surface area (Å²) < 4.78 is 29.8. The molecule has 0 amide bonds. The number of para-hydroxylation sites is 1. The van der Waals surface area contributed by atoms with Crippen molar-refractivity contribution in [2.45, 2.75) is 18.5 Å². The molecule has 1 unspecified atom stereocenters. The van der Waals surface area contributed by atoms with Crippen molar-refractivity contribution < 1.29 is 18.4 Å². The topological polar surface area (TPSA) is 62.6 Å². The van der Waals surface area contributed by atoms with Crippen molar-refractivity contribution in [3.8, 4) is 5.69 Å². The minimum absolute atomic E-state index is 0.230. The van der Waals surface area contributed by atoms with Gasteiger partial charge in [0.15, 0.2) is 0 Å². The summed E-state index contributed by atoms with van der Waals surface area (Å²) in [4.78, 5) is 4.27. The van der Waals surface area contributed by atoms with Gasteiger partial charge in [-0.2, -0.15) is 0 Å². The van der Waals surface area contributed by atoms with Crippen LogP contribution in [0.2, 0.25) is 0 Å². The molecule has 1 aromatic carbocycles. The van der Waals surface area contributed by atoms with E-state index >= 15 is 0 Å². The Morgan fingerprint density at radius 3 is 2.75 bits per heavy atom. The lowest BCUT2D eigenvalue weighted by molar-refractivity contribution is -0.0652. The number of benzene rings is 1. The maximum Gasteiger partial charge on any atom is 0.203 e. The molecule has 0 spiro atoms. The summed E-state index contributed by atoms with van der Waals surface area (Å²) in [7, 11) is 0.454. The molecule has 0 bridgehead atoms. The summed E-state index contributed by atoms with van der Waals surface area (Å²) in [5.74, 6) is 0.501. The zero-order valence-electron chi connectivity index (χ0n) is 14.1. The molecule has 0 radical (unpaired) electrons. The second-order valence-corrected chi connectivity index (χ2v) is 6.66. The second-order valence-electron chi connectivity index (χ2n) is 5.20. The number of methoxy groups -OCH3 is 1. The molecular formula is C17H24N2O4S. The zero-order valence-corrected chi connectivity index (χ0v) is 15.0. The van der Waals surface area contributed by atoms with Crippen LogP contribution in [0.3, 0.4) is 0 Å². The van der Waals surface area contributed by atoms with Crippen molar-refractivity contribution in [2.75, 3.05) is 39.5 Å². The van der Waals surface area contributed by atoms with Crippen LogP contribution < -0.4 is 0 Å². The summed E-state index contributed by atoms with van der Waals surface area (Å²) in [5.41, 5.74) is 2.12. The third kappa shape index (κ3) is 5.52. The molecule has 2 aromatic rings. The Bertz CT molecular complexity index is 645. The number of hydrogen-bond donors (Lipinski definition) is 0. The average molecular weight is 352 g/mol. The smallest absolute Gasteiger partial charge is 0.203 e. The Morgan fingerprint density at radius 1 is 1.17 bits per heavy atom. The van der Waals surface area contributed by atoms with E-state index < -0.39 is 10.8 Å². The molecule has 6 nitrogen and oxygen atoms in total. The van der Waals surface area contributed by atoms with E-state index in [1.165, 1.54) is 0 Å². The van der Waals surface area contributed by atoms with Gasteiger partial charge in [-0.1, -0.05) is 18.2 Å². The molecule has 132 valence electrons. The summed E-state index contributed by atoms with van der Waals surface area (Å²) in [6.45, 7) is 3.82. The summed E-state index contributed by atoms with van der Waals surface area (Å²) in [6, 6.07) is 7.97. The van der Waals surface area contributed by atoms with Gasteiger partial charge in [0.25, 0.3) is 0 Å². The van der Waals surface area contributed by atoms with Gasteiger partial charge in [-0.25, -0.2) is 4.98 Å². The van der Waals surface area contributed by atoms with Gasteiger partial charge in [-0.05, 0) is 25.0 Å². The van der Waals surface area contributed by atoms with Crippen molar-refractivity contribution in [3.63, 3.8) is 0 Å². The molecule has 0 aliphatic heterocycles. The first-order chi connectivity index (χ1) is 11.7. The number of imidazole rings is 1. The van der Waals surface area contributed by atoms with Gasteiger partial charge < -0.3 is 14.2 Å². The van der Waals surface area contributed by atoms with Crippen LogP contribution in [0.5, 0.6) is 0 Å².